The number of anilines is 1. The fourth-order valence-electron chi connectivity index (χ4n) is 2.43. The fraction of sp³-hybridized carbons (Fsp3) is 0.222. The average Bonchev–Trinajstić information content (AvgIpc) is 3.05. The van der Waals surface area contributed by atoms with Gasteiger partial charge in [0.2, 0.25) is 0 Å². The first kappa shape index (κ1) is 15.1. The van der Waals surface area contributed by atoms with E-state index >= 15 is 0 Å². The number of nitrogens with zero attached hydrogens (tertiary/aromatic N) is 3. The minimum absolute atomic E-state index is 0.516. The lowest BCUT2D eigenvalue weighted by Crippen LogP contribution is -1.98. The Bertz CT molecular complexity index is 806. The number of hydrogen-bond acceptors (Lipinski definition) is 4. The summed E-state index contributed by atoms with van der Waals surface area (Å²) in [5, 5.41) is 8.44. The molecule has 5 heteroatoms. The lowest BCUT2D eigenvalue weighted by Gasteiger charge is -2.06. The quantitative estimate of drug-likeness (QED) is 0.747. The topological polar surface area (TPSA) is 66.0 Å². The van der Waals surface area contributed by atoms with Crippen molar-refractivity contribution >= 4 is 5.69 Å². The summed E-state index contributed by atoms with van der Waals surface area (Å²) in [6.45, 7) is 4.36. The van der Waals surface area contributed by atoms with Gasteiger partial charge in [-0.25, -0.2) is 4.68 Å². The molecule has 0 unspecified atom stereocenters. The van der Waals surface area contributed by atoms with E-state index in [0.717, 1.165) is 16.9 Å². The Morgan fingerprint density at radius 1 is 1.09 bits per heavy atom. The summed E-state index contributed by atoms with van der Waals surface area (Å²) in [4.78, 5) is 0. The van der Waals surface area contributed by atoms with Crippen LogP contribution in [0.3, 0.4) is 0 Å². The van der Waals surface area contributed by atoms with Gasteiger partial charge in [0.1, 0.15) is 11.4 Å². The van der Waals surface area contributed by atoms with Gasteiger partial charge in [-0.3, -0.25) is 0 Å². The first-order chi connectivity index (χ1) is 11.1. The van der Waals surface area contributed by atoms with Crippen LogP contribution < -0.4 is 10.5 Å². The lowest BCUT2D eigenvalue weighted by molar-refractivity contribution is 0.417. The molecule has 0 atom stereocenters. The zero-order chi connectivity index (χ0) is 16.4. The molecule has 1 heterocycles. The molecule has 118 valence electrons. The van der Waals surface area contributed by atoms with Gasteiger partial charge in [0.15, 0.2) is 0 Å². The van der Waals surface area contributed by atoms with Crippen LogP contribution in [0.5, 0.6) is 5.75 Å². The van der Waals surface area contributed by atoms with E-state index in [1.54, 1.807) is 11.8 Å². The van der Waals surface area contributed by atoms with Crippen LogP contribution in [0.4, 0.5) is 5.69 Å². The highest BCUT2D eigenvalue weighted by molar-refractivity contribution is 5.61. The molecule has 2 N–H and O–H groups in total. The normalized spacial score (nSPS) is 11.0. The van der Waals surface area contributed by atoms with Crippen molar-refractivity contribution in [1.29, 1.82) is 0 Å². The van der Waals surface area contributed by atoms with E-state index in [1.807, 2.05) is 24.4 Å². The molecule has 0 aliphatic rings. The van der Waals surface area contributed by atoms with Crippen LogP contribution in [0.1, 0.15) is 25.3 Å². The largest absolute Gasteiger partial charge is 0.495 e. The van der Waals surface area contributed by atoms with Crippen LogP contribution in [0.2, 0.25) is 0 Å². The molecule has 1 aromatic heterocycles. The number of rotatable bonds is 4. The van der Waals surface area contributed by atoms with Gasteiger partial charge in [0, 0.05) is 5.56 Å². The molecule has 3 rings (SSSR count). The van der Waals surface area contributed by atoms with Gasteiger partial charge in [0.05, 0.1) is 24.7 Å². The van der Waals surface area contributed by atoms with Gasteiger partial charge in [-0.1, -0.05) is 43.3 Å². The van der Waals surface area contributed by atoms with Crippen molar-refractivity contribution in [2.24, 2.45) is 0 Å². The molecule has 0 saturated heterocycles. The van der Waals surface area contributed by atoms with E-state index in [4.69, 9.17) is 10.5 Å². The van der Waals surface area contributed by atoms with Crippen LogP contribution in [0.25, 0.3) is 16.9 Å². The van der Waals surface area contributed by atoms with Crippen molar-refractivity contribution < 1.29 is 4.74 Å². The van der Waals surface area contributed by atoms with Crippen molar-refractivity contribution in [3.63, 3.8) is 0 Å². The van der Waals surface area contributed by atoms with Gasteiger partial charge < -0.3 is 10.5 Å². The smallest absolute Gasteiger partial charge is 0.141 e. The Morgan fingerprint density at radius 3 is 2.43 bits per heavy atom. The molecule has 2 aromatic carbocycles. The first-order valence-electron chi connectivity index (χ1n) is 7.55. The Balaban J connectivity index is 1.89. The maximum absolute atomic E-state index is 5.95. The number of aromatic nitrogens is 3. The number of nitrogens with two attached hydrogens (primary N) is 1. The second-order valence-corrected chi connectivity index (χ2v) is 5.75. The van der Waals surface area contributed by atoms with Crippen molar-refractivity contribution in [3.05, 3.63) is 54.2 Å². The molecular formula is C18H20N4O. The Hall–Kier alpha value is -2.82. The molecule has 0 spiro atoms. The standard InChI is InChI=1S/C18H20N4O/c1-12(2)13-4-6-14(7-5-13)17-11-22(21-20-17)15-8-9-18(23-3)16(19)10-15/h4-12H,19H2,1-3H3. The number of methoxy groups -OCH3 is 1. The van der Waals surface area contributed by atoms with Gasteiger partial charge in [-0.2, -0.15) is 0 Å². The Labute approximate surface area is 135 Å². The maximum atomic E-state index is 5.95. The summed E-state index contributed by atoms with van der Waals surface area (Å²) in [7, 11) is 1.60. The molecule has 0 bridgehead atoms. The molecule has 3 aromatic rings. The number of nitrogen functional groups attached to an aromatic ring is 1. The van der Waals surface area contributed by atoms with E-state index in [9.17, 15) is 0 Å². The second kappa shape index (κ2) is 6.12. The van der Waals surface area contributed by atoms with Gasteiger partial charge in [0.25, 0.3) is 0 Å². The third kappa shape index (κ3) is 3.04. The number of benzene rings is 2. The lowest BCUT2D eigenvalue weighted by atomic mass is 10.0. The van der Waals surface area contributed by atoms with Gasteiger partial charge in [-0.15, -0.1) is 5.10 Å². The number of hydrogen-bond donors (Lipinski definition) is 1. The SMILES string of the molecule is COc1ccc(-n2cc(-c3ccc(C(C)C)cc3)nn2)cc1N. The molecule has 5 nitrogen and oxygen atoms in total. The molecule has 0 aliphatic carbocycles. The summed E-state index contributed by atoms with van der Waals surface area (Å²) < 4.78 is 6.88. The van der Waals surface area contributed by atoms with Gasteiger partial charge in [-0.05, 0) is 29.7 Å². The van der Waals surface area contributed by atoms with E-state index in [2.05, 4.69) is 48.4 Å². The highest BCUT2D eigenvalue weighted by Gasteiger charge is 2.08. The molecule has 0 radical (unpaired) electrons. The number of ether oxygens (including phenoxy) is 1. The highest BCUT2D eigenvalue weighted by atomic mass is 16.5. The summed E-state index contributed by atoms with van der Waals surface area (Å²) in [6, 6.07) is 13.9. The zero-order valence-corrected chi connectivity index (χ0v) is 13.5. The third-order valence-electron chi connectivity index (χ3n) is 3.84. The van der Waals surface area contributed by atoms with E-state index in [-0.39, 0.29) is 0 Å². The molecule has 23 heavy (non-hydrogen) atoms. The third-order valence-corrected chi connectivity index (χ3v) is 3.84. The van der Waals surface area contributed by atoms with E-state index < -0.39 is 0 Å². The predicted octanol–water partition coefficient (Wildman–Crippen LogP) is 3.65. The van der Waals surface area contributed by atoms with E-state index in [0.29, 0.717) is 17.4 Å². The van der Waals surface area contributed by atoms with E-state index in [1.165, 1.54) is 5.56 Å². The zero-order valence-electron chi connectivity index (χ0n) is 13.5. The van der Waals surface area contributed by atoms with Crippen molar-refractivity contribution in [2.45, 2.75) is 19.8 Å². The van der Waals surface area contributed by atoms with Crippen molar-refractivity contribution in [1.82, 2.24) is 15.0 Å². The predicted molar refractivity (Wildman–Crippen MR) is 91.8 cm³/mol. The van der Waals surface area contributed by atoms with Crippen molar-refractivity contribution in [2.75, 3.05) is 12.8 Å². The molecular weight excluding hydrogens is 288 g/mol. The van der Waals surface area contributed by atoms with Crippen LogP contribution >= 0.6 is 0 Å². The summed E-state index contributed by atoms with van der Waals surface area (Å²) in [6.07, 6.45) is 1.89. The van der Waals surface area contributed by atoms with Crippen LogP contribution in [-0.4, -0.2) is 22.1 Å². The molecule has 0 saturated carbocycles. The molecule has 0 aliphatic heterocycles. The average molecular weight is 308 g/mol. The van der Waals surface area contributed by atoms with Crippen LogP contribution in [0, 0.1) is 0 Å². The Morgan fingerprint density at radius 2 is 1.83 bits per heavy atom. The summed E-state index contributed by atoms with van der Waals surface area (Å²) in [5.41, 5.74) is 10.5. The summed E-state index contributed by atoms with van der Waals surface area (Å²) >= 11 is 0. The second-order valence-electron chi connectivity index (χ2n) is 5.75. The fourth-order valence-corrected chi connectivity index (χ4v) is 2.43. The van der Waals surface area contributed by atoms with Crippen LogP contribution in [-0.2, 0) is 0 Å². The van der Waals surface area contributed by atoms with Gasteiger partial charge >= 0.3 is 0 Å². The Kier molecular flexibility index (Phi) is 4.02. The molecule has 0 amide bonds. The van der Waals surface area contributed by atoms with Crippen LogP contribution in [0.15, 0.2) is 48.7 Å². The monoisotopic (exact) mass is 308 g/mol. The summed E-state index contributed by atoms with van der Waals surface area (Å²) in [5.74, 6) is 1.17. The molecule has 0 fully saturated rings. The maximum Gasteiger partial charge on any atom is 0.141 e. The highest BCUT2D eigenvalue weighted by Crippen LogP contribution is 2.25. The minimum atomic E-state index is 0.516. The van der Waals surface area contributed by atoms with Crippen molar-refractivity contribution in [3.8, 4) is 22.7 Å². The first-order valence-corrected chi connectivity index (χ1v) is 7.55. The minimum Gasteiger partial charge on any atom is -0.495 e.